The molecule has 0 radical (unpaired) electrons. The fraction of sp³-hybridized carbons (Fsp3) is 0.273. The van der Waals surface area contributed by atoms with Crippen LogP contribution in [0.25, 0.3) is 0 Å². The fourth-order valence-electron chi connectivity index (χ4n) is 1.64. The second-order valence-corrected chi connectivity index (χ2v) is 5.30. The van der Waals surface area contributed by atoms with E-state index in [0.717, 1.165) is 0 Å². The summed E-state index contributed by atoms with van der Waals surface area (Å²) in [5, 5.41) is 15.1. The lowest BCUT2D eigenvalue weighted by atomic mass is 10.1. The van der Waals surface area contributed by atoms with E-state index in [1.54, 1.807) is 0 Å². The molecule has 9 heteroatoms. The Morgan fingerprint density at radius 1 is 1.60 bits per heavy atom. The summed E-state index contributed by atoms with van der Waals surface area (Å²) in [5.74, 6) is -1.66. The summed E-state index contributed by atoms with van der Waals surface area (Å²) in [6, 6.07) is 1.47. The third-order valence-electron chi connectivity index (χ3n) is 2.45. The summed E-state index contributed by atoms with van der Waals surface area (Å²) in [4.78, 5) is 31.4. The largest absolute Gasteiger partial charge is 0.476 e. The molecular formula is C11H9BrClN3O4. The molecule has 0 saturated heterocycles. The molecule has 1 unspecified atom stereocenters. The molecule has 2 heterocycles. The monoisotopic (exact) mass is 361 g/mol. The lowest BCUT2D eigenvalue weighted by Crippen LogP contribution is -2.13. The topological polar surface area (TPSA) is 101 Å². The highest BCUT2D eigenvalue weighted by Crippen LogP contribution is 2.33. The van der Waals surface area contributed by atoms with Gasteiger partial charge in [0.1, 0.15) is 4.62 Å². The van der Waals surface area contributed by atoms with Crippen molar-refractivity contribution in [3.63, 3.8) is 0 Å². The number of anilines is 1. The normalized spacial score (nSPS) is 17.4. The van der Waals surface area contributed by atoms with E-state index < -0.39 is 12.1 Å². The maximum absolute atomic E-state index is 11.2. The van der Waals surface area contributed by atoms with E-state index in [1.165, 1.54) is 13.0 Å². The quantitative estimate of drug-likeness (QED) is 0.860. The van der Waals surface area contributed by atoms with Crippen LogP contribution >= 0.6 is 27.5 Å². The first-order valence-corrected chi connectivity index (χ1v) is 6.65. The van der Waals surface area contributed by atoms with Crippen LogP contribution in [0.5, 0.6) is 0 Å². The average Bonchev–Trinajstić information content (AvgIpc) is 2.77. The van der Waals surface area contributed by atoms with Crippen molar-refractivity contribution in [3.05, 3.63) is 22.5 Å². The van der Waals surface area contributed by atoms with E-state index in [9.17, 15) is 9.59 Å². The highest BCUT2D eigenvalue weighted by atomic mass is 79.9. The number of nitrogens with one attached hydrogen (secondary N) is 1. The minimum Gasteiger partial charge on any atom is -0.476 e. The van der Waals surface area contributed by atoms with E-state index in [2.05, 4.69) is 31.4 Å². The number of nitrogens with zero attached hydrogens (tertiary/aromatic N) is 2. The van der Waals surface area contributed by atoms with E-state index in [-0.39, 0.29) is 22.3 Å². The summed E-state index contributed by atoms with van der Waals surface area (Å²) in [6.45, 7) is 1.29. The fourth-order valence-corrected chi connectivity index (χ4v) is 2.25. The minimum atomic E-state index is -1.29. The Morgan fingerprint density at radius 3 is 2.80 bits per heavy atom. The number of hydrogen-bond acceptors (Lipinski definition) is 5. The highest BCUT2D eigenvalue weighted by molar-refractivity contribution is 9.18. The van der Waals surface area contributed by atoms with Crippen LogP contribution in [0.4, 0.5) is 5.69 Å². The summed E-state index contributed by atoms with van der Waals surface area (Å²) < 4.78 is 0.595. The molecule has 0 spiro atoms. The number of pyridine rings is 1. The molecule has 1 aromatic heterocycles. The zero-order valence-corrected chi connectivity index (χ0v) is 12.5. The van der Waals surface area contributed by atoms with Gasteiger partial charge in [0.25, 0.3) is 0 Å². The first kappa shape index (κ1) is 14.7. The standard InChI is InChI=1S/C11H9BrClN3O4/c1-4(17)14-6-2-5(7-3-8(12)16-20-7)15-10(9(6)13)11(18)19/h2,7H,3H2,1H3,(H,18,19)(H,14,15,17). The highest BCUT2D eigenvalue weighted by Gasteiger charge is 2.26. The van der Waals surface area contributed by atoms with Crippen molar-refractivity contribution in [1.82, 2.24) is 4.98 Å². The van der Waals surface area contributed by atoms with Crippen LogP contribution in [0.1, 0.15) is 35.6 Å². The van der Waals surface area contributed by atoms with Crippen LogP contribution in [-0.4, -0.2) is 26.6 Å². The molecule has 1 atom stereocenters. The van der Waals surface area contributed by atoms with Crippen molar-refractivity contribution in [2.75, 3.05) is 5.32 Å². The minimum absolute atomic E-state index is 0.130. The Morgan fingerprint density at radius 2 is 2.30 bits per heavy atom. The molecule has 0 bridgehead atoms. The Hall–Kier alpha value is -1.67. The summed E-state index contributed by atoms with van der Waals surface area (Å²) in [5.41, 5.74) is 0.154. The molecule has 0 aliphatic carbocycles. The van der Waals surface area contributed by atoms with Gasteiger partial charge in [0.2, 0.25) is 5.91 Å². The van der Waals surface area contributed by atoms with Gasteiger partial charge in [-0.3, -0.25) is 4.79 Å². The molecule has 0 aromatic carbocycles. The van der Waals surface area contributed by atoms with Crippen LogP contribution < -0.4 is 5.32 Å². The van der Waals surface area contributed by atoms with Gasteiger partial charge in [0.15, 0.2) is 11.8 Å². The van der Waals surface area contributed by atoms with Gasteiger partial charge in [-0.1, -0.05) is 16.8 Å². The number of oxime groups is 1. The average molecular weight is 363 g/mol. The molecule has 20 heavy (non-hydrogen) atoms. The predicted octanol–water partition coefficient (Wildman–Crippen LogP) is 2.56. The van der Waals surface area contributed by atoms with Gasteiger partial charge in [0, 0.05) is 13.3 Å². The number of carbonyl (C=O) groups excluding carboxylic acids is 1. The summed E-state index contributed by atoms with van der Waals surface area (Å²) in [6.07, 6.45) is -0.0973. The van der Waals surface area contributed by atoms with Crippen molar-refractivity contribution in [3.8, 4) is 0 Å². The lowest BCUT2D eigenvalue weighted by Gasteiger charge is -2.13. The zero-order chi connectivity index (χ0) is 14.9. The van der Waals surface area contributed by atoms with Crippen LogP contribution in [0.15, 0.2) is 11.2 Å². The van der Waals surface area contributed by atoms with Gasteiger partial charge >= 0.3 is 5.97 Å². The third-order valence-corrected chi connectivity index (χ3v) is 3.30. The Kier molecular flexibility index (Phi) is 4.24. The second kappa shape index (κ2) is 5.76. The molecule has 1 aromatic rings. The molecule has 1 aliphatic rings. The molecule has 1 amide bonds. The van der Waals surface area contributed by atoms with Crippen LogP contribution in [0.3, 0.4) is 0 Å². The molecule has 2 rings (SSSR count). The van der Waals surface area contributed by atoms with Crippen molar-refractivity contribution in [1.29, 1.82) is 0 Å². The molecule has 7 nitrogen and oxygen atoms in total. The molecule has 0 saturated carbocycles. The maximum Gasteiger partial charge on any atom is 0.356 e. The van der Waals surface area contributed by atoms with Gasteiger partial charge in [-0.05, 0) is 22.0 Å². The lowest BCUT2D eigenvalue weighted by molar-refractivity contribution is -0.114. The molecule has 2 N–H and O–H groups in total. The SMILES string of the molecule is CC(=O)Nc1cc(C2CC(Br)=NO2)nc(C(=O)O)c1Cl. The van der Waals surface area contributed by atoms with Crippen LogP contribution in [0, 0.1) is 0 Å². The number of aromatic carboxylic acids is 1. The van der Waals surface area contributed by atoms with Crippen molar-refractivity contribution in [2.24, 2.45) is 5.16 Å². The first-order chi connectivity index (χ1) is 9.38. The van der Waals surface area contributed by atoms with Gasteiger partial charge < -0.3 is 15.3 Å². The molecule has 0 fully saturated rings. The van der Waals surface area contributed by atoms with Crippen molar-refractivity contribution in [2.45, 2.75) is 19.4 Å². The van der Waals surface area contributed by atoms with Crippen LogP contribution in [-0.2, 0) is 9.63 Å². The maximum atomic E-state index is 11.2. The Balaban J connectivity index is 2.44. The van der Waals surface area contributed by atoms with Gasteiger partial charge in [0.05, 0.1) is 16.4 Å². The smallest absolute Gasteiger partial charge is 0.356 e. The van der Waals surface area contributed by atoms with E-state index >= 15 is 0 Å². The number of halogens is 2. The number of hydrogen-bond donors (Lipinski definition) is 2. The van der Waals surface area contributed by atoms with E-state index in [4.69, 9.17) is 21.5 Å². The number of carboxylic acids is 1. The molecule has 106 valence electrons. The van der Waals surface area contributed by atoms with Gasteiger partial charge in [-0.15, -0.1) is 0 Å². The number of carboxylic acid groups (broad SMARTS) is 1. The Labute approximate surface area is 127 Å². The first-order valence-electron chi connectivity index (χ1n) is 5.48. The van der Waals surface area contributed by atoms with Crippen LogP contribution in [0.2, 0.25) is 5.02 Å². The number of amides is 1. The number of rotatable bonds is 3. The third kappa shape index (κ3) is 3.07. The number of aromatic nitrogens is 1. The number of carbonyl (C=O) groups is 2. The van der Waals surface area contributed by atoms with E-state index in [1.807, 2.05) is 0 Å². The summed E-state index contributed by atoms with van der Waals surface area (Å²) >= 11 is 9.10. The second-order valence-electron chi connectivity index (χ2n) is 4.01. The molecular weight excluding hydrogens is 353 g/mol. The van der Waals surface area contributed by atoms with Crippen molar-refractivity contribution >= 4 is 49.7 Å². The van der Waals surface area contributed by atoms with Crippen molar-refractivity contribution < 1.29 is 19.5 Å². The zero-order valence-electron chi connectivity index (χ0n) is 10.2. The predicted molar refractivity (Wildman–Crippen MR) is 75.3 cm³/mol. The Bertz CT molecular complexity index is 620. The van der Waals surface area contributed by atoms with Gasteiger partial charge in [-0.2, -0.15) is 0 Å². The van der Waals surface area contributed by atoms with Gasteiger partial charge in [-0.25, -0.2) is 9.78 Å². The molecule has 1 aliphatic heterocycles. The van der Waals surface area contributed by atoms with E-state index in [0.29, 0.717) is 16.7 Å². The summed E-state index contributed by atoms with van der Waals surface area (Å²) in [7, 11) is 0.